The molecular formula is C18H25N3O2. The number of carbonyl (C=O) groups excluding carboxylic acids is 2. The summed E-state index contributed by atoms with van der Waals surface area (Å²) in [5.74, 6) is 0.0841. The Kier molecular flexibility index (Phi) is 4.84. The van der Waals surface area contributed by atoms with Gasteiger partial charge in [0.05, 0.1) is 0 Å². The summed E-state index contributed by atoms with van der Waals surface area (Å²) in [4.78, 5) is 28.4. The number of nitrogens with one attached hydrogen (secondary N) is 1. The summed E-state index contributed by atoms with van der Waals surface area (Å²) < 4.78 is 0. The van der Waals surface area contributed by atoms with Crippen LogP contribution in [0.15, 0.2) is 24.3 Å². The number of hydrogen-bond acceptors (Lipinski definition) is 2. The fraction of sp³-hybridized carbons (Fsp3) is 0.556. The second-order valence-electron chi connectivity index (χ2n) is 6.32. The van der Waals surface area contributed by atoms with Crippen LogP contribution < -0.4 is 10.2 Å². The second-order valence-corrected chi connectivity index (χ2v) is 6.32. The first-order valence-corrected chi connectivity index (χ1v) is 8.67. The summed E-state index contributed by atoms with van der Waals surface area (Å²) in [6, 6.07) is 7.72. The predicted octanol–water partition coefficient (Wildman–Crippen LogP) is 3.01. The predicted molar refractivity (Wildman–Crippen MR) is 90.8 cm³/mol. The van der Waals surface area contributed by atoms with Crippen molar-refractivity contribution < 1.29 is 9.59 Å². The molecule has 0 spiro atoms. The highest BCUT2D eigenvalue weighted by atomic mass is 16.2. The lowest BCUT2D eigenvalue weighted by atomic mass is 9.93. The number of hydrogen-bond donors (Lipinski definition) is 1. The molecule has 1 aliphatic carbocycles. The highest BCUT2D eigenvalue weighted by Gasteiger charge is 2.26. The van der Waals surface area contributed by atoms with Crippen molar-refractivity contribution in [3.63, 3.8) is 0 Å². The van der Waals surface area contributed by atoms with Crippen molar-refractivity contribution in [3.8, 4) is 0 Å². The zero-order valence-corrected chi connectivity index (χ0v) is 13.8. The molecule has 1 aromatic carbocycles. The van der Waals surface area contributed by atoms with Crippen molar-refractivity contribution in [3.05, 3.63) is 29.8 Å². The van der Waals surface area contributed by atoms with Gasteiger partial charge in [0.15, 0.2) is 0 Å². The molecule has 1 aliphatic heterocycles. The van der Waals surface area contributed by atoms with E-state index < -0.39 is 0 Å². The van der Waals surface area contributed by atoms with E-state index >= 15 is 0 Å². The number of benzene rings is 1. The molecule has 0 atom stereocenters. The fourth-order valence-corrected chi connectivity index (χ4v) is 3.65. The van der Waals surface area contributed by atoms with Crippen molar-refractivity contribution in [1.82, 2.24) is 10.2 Å². The second kappa shape index (κ2) is 7.02. The first-order valence-electron chi connectivity index (χ1n) is 8.67. The van der Waals surface area contributed by atoms with Gasteiger partial charge >= 0.3 is 6.03 Å². The number of urea groups is 1. The van der Waals surface area contributed by atoms with Gasteiger partial charge in [-0.15, -0.1) is 0 Å². The summed E-state index contributed by atoms with van der Waals surface area (Å²) in [5, 5.41) is 2.79. The third-order valence-electron chi connectivity index (χ3n) is 4.88. The van der Waals surface area contributed by atoms with Crippen LogP contribution in [-0.2, 0) is 0 Å². The number of anilines is 1. The Morgan fingerprint density at radius 2 is 2.09 bits per heavy atom. The molecule has 3 rings (SSSR count). The van der Waals surface area contributed by atoms with E-state index in [1.807, 2.05) is 36.1 Å². The molecule has 2 aliphatic rings. The molecule has 1 aromatic rings. The highest BCUT2D eigenvalue weighted by Crippen LogP contribution is 2.25. The zero-order chi connectivity index (χ0) is 16.2. The third-order valence-corrected chi connectivity index (χ3v) is 4.88. The normalized spacial score (nSPS) is 18.8. The van der Waals surface area contributed by atoms with E-state index in [0.29, 0.717) is 24.7 Å². The lowest BCUT2D eigenvalue weighted by molar-refractivity contribution is 0.0648. The summed E-state index contributed by atoms with van der Waals surface area (Å²) in [6.07, 6.45) is 5.91. The van der Waals surface area contributed by atoms with Crippen LogP contribution in [-0.4, -0.2) is 42.5 Å². The van der Waals surface area contributed by atoms with Gasteiger partial charge in [-0.2, -0.15) is 0 Å². The summed E-state index contributed by atoms with van der Waals surface area (Å²) >= 11 is 0. The number of carbonyl (C=O) groups is 2. The van der Waals surface area contributed by atoms with Gasteiger partial charge in [-0.25, -0.2) is 4.79 Å². The smallest absolute Gasteiger partial charge is 0.321 e. The molecule has 2 fully saturated rings. The lowest BCUT2D eigenvalue weighted by Crippen LogP contribution is -2.41. The Morgan fingerprint density at radius 3 is 2.74 bits per heavy atom. The fourth-order valence-electron chi connectivity index (χ4n) is 3.65. The summed E-state index contributed by atoms with van der Waals surface area (Å²) in [7, 11) is 0. The molecule has 5 heteroatoms. The van der Waals surface area contributed by atoms with Crippen molar-refractivity contribution in [1.29, 1.82) is 0 Å². The van der Waals surface area contributed by atoms with Crippen molar-refractivity contribution in [2.75, 3.05) is 24.5 Å². The van der Waals surface area contributed by atoms with Gasteiger partial charge in [0.2, 0.25) is 0 Å². The molecule has 5 nitrogen and oxygen atoms in total. The van der Waals surface area contributed by atoms with Crippen LogP contribution in [0.5, 0.6) is 0 Å². The van der Waals surface area contributed by atoms with E-state index in [0.717, 1.165) is 25.1 Å². The maximum atomic E-state index is 12.9. The first kappa shape index (κ1) is 15.8. The van der Waals surface area contributed by atoms with Crippen molar-refractivity contribution in [2.24, 2.45) is 0 Å². The summed E-state index contributed by atoms with van der Waals surface area (Å²) in [6.45, 7) is 4.08. The lowest BCUT2D eigenvalue weighted by Gasteiger charge is -2.33. The Morgan fingerprint density at radius 1 is 1.30 bits per heavy atom. The number of rotatable bonds is 4. The average molecular weight is 315 g/mol. The topological polar surface area (TPSA) is 52.7 Å². The van der Waals surface area contributed by atoms with Crippen LogP contribution in [0, 0.1) is 0 Å². The van der Waals surface area contributed by atoms with E-state index in [9.17, 15) is 9.59 Å². The van der Waals surface area contributed by atoms with Crippen molar-refractivity contribution >= 4 is 17.6 Å². The summed E-state index contributed by atoms with van der Waals surface area (Å²) in [5.41, 5.74) is 1.47. The molecule has 1 heterocycles. The number of amides is 3. The van der Waals surface area contributed by atoms with E-state index in [4.69, 9.17) is 0 Å². The minimum absolute atomic E-state index is 0.0841. The van der Waals surface area contributed by atoms with Crippen LogP contribution in [0.3, 0.4) is 0 Å². The maximum Gasteiger partial charge on any atom is 0.321 e. The monoisotopic (exact) mass is 315 g/mol. The van der Waals surface area contributed by atoms with E-state index in [-0.39, 0.29) is 11.9 Å². The quantitative estimate of drug-likeness (QED) is 0.928. The molecule has 124 valence electrons. The molecule has 0 aromatic heterocycles. The Labute approximate surface area is 137 Å². The van der Waals surface area contributed by atoms with Gasteiger partial charge in [-0.3, -0.25) is 9.69 Å². The van der Waals surface area contributed by atoms with E-state index in [1.165, 1.54) is 19.3 Å². The molecule has 1 saturated heterocycles. The molecular weight excluding hydrogens is 290 g/mol. The van der Waals surface area contributed by atoms with Crippen LogP contribution in [0.4, 0.5) is 10.5 Å². The van der Waals surface area contributed by atoms with Crippen LogP contribution in [0.1, 0.15) is 49.4 Å². The van der Waals surface area contributed by atoms with E-state index in [2.05, 4.69) is 5.32 Å². The average Bonchev–Trinajstić information content (AvgIpc) is 3.02. The molecule has 23 heavy (non-hydrogen) atoms. The molecule has 3 amide bonds. The van der Waals surface area contributed by atoms with Gasteiger partial charge in [-0.05, 0) is 38.0 Å². The Bertz CT molecular complexity index is 581. The minimum Gasteiger partial charge on any atom is -0.336 e. The standard InChI is InChI=1S/C18H25N3O2/c1-2-20(15-8-4-3-5-9-15)17(22)14-7-6-10-16(13-14)21-12-11-19-18(21)23/h6-7,10,13,15H,2-5,8-9,11-12H2,1H3,(H,19,23). The highest BCUT2D eigenvalue weighted by molar-refractivity contribution is 5.98. The molecule has 1 N–H and O–H groups in total. The largest absolute Gasteiger partial charge is 0.336 e. The Balaban J connectivity index is 1.79. The van der Waals surface area contributed by atoms with Crippen LogP contribution in [0.25, 0.3) is 0 Å². The van der Waals surface area contributed by atoms with Crippen LogP contribution in [0.2, 0.25) is 0 Å². The minimum atomic E-state index is -0.0887. The molecule has 0 unspecified atom stereocenters. The van der Waals surface area contributed by atoms with Crippen LogP contribution >= 0.6 is 0 Å². The van der Waals surface area contributed by atoms with E-state index in [1.54, 1.807) is 4.90 Å². The van der Waals surface area contributed by atoms with Gasteiger partial charge < -0.3 is 10.2 Å². The maximum absolute atomic E-state index is 12.9. The van der Waals surface area contributed by atoms with Gasteiger partial charge in [0.25, 0.3) is 5.91 Å². The van der Waals surface area contributed by atoms with Gasteiger partial charge in [0.1, 0.15) is 0 Å². The molecule has 1 saturated carbocycles. The van der Waals surface area contributed by atoms with Crippen molar-refractivity contribution in [2.45, 2.75) is 45.1 Å². The van der Waals surface area contributed by atoms with Gasteiger partial charge in [0, 0.05) is 36.9 Å². The molecule has 0 bridgehead atoms. The van der Waals surface area contributed by atoms with Gasteiger partial charge in [-0.1, -0.05) is 25.3 Å². The SMILES string of the molecule is CCN(C(=O)c1cccc(N2CCNC2=O)c1)C1CCCCC1. The third kappa shape index (κ3) is 3.33. The first-order chi connectivity index (χ1) is 11.2. The molecule has 0 radical (unpaired) electrons. The Hall–Kier alpha value is -2.04. The number of nitrogens with zero attached hydrogens (tertiary/aromatic N) is 2. The zero-order valence-electron chi connectivity index (χ0n) is 13.8.